The average Bonchev–Trinajstić information content (AvgIpc) is 2.62. The zero-order valence-electron chi connectivity index (χ0n) is 8.98. The minimum atomic E-state index is -0.857. The highest BCUT2D eigenvalue weighted by molar-refractivity contribution is 5.82. The van der Waals surface area contributed by atoms with Crippen LogP contribution in [0.4, 0.5) is 0 Å². The van der Waals surface area contributed by atoms with Gasteiger partial charge in [0.2, 0.25) is 5.91 Å². The van der Waals surface area contributed by atoms with Crippen LogP contribution in [0.1, 0.15) is 32.6 Å². The van der Waals surface area contributed by atoms with Gasteiger partial charge in [-0.3, -0.25) is 9.59 Å². The zero-order valence-corrected chi connectivity index (χ0v) is 8.98. The maximum Gasteiger partial charge on any atom is 0.305 e. The van der Waals surface area contributed by atoms with Gasteiger partial charge < -0.3 is 15.7 Å². The molecule has 1 rings (SSSR count). The Balaban J connectivity index is 2.59. The predicted molar refractivity (Wildman–Crippen MR) is 55.3 cm³/mol. The highest BCUT2D eigenvalue weighted by atomic mass is 16.4. The van der Waals surface area contributed by atoms with E-state index in [1.165, 1.54) is 0 Å². The van der Waals surface area contributed by atoms with Crippen molar-refractivity contribution in [3.05, 3.63) is 0 Å². The van der Waals surface area contributed by atoms with Crippen LogP contribution in [0, 0.1) is 0 Å². The lowest BCUT2D eigenvalue weighted by atomic mass is 10.1. The van der Waals surface area contributed by atoms with E-state index in [0.717, 1.165) is 12.8 Å². The first-order valence-electron chi connectivity index (χ1n) is 5.34. The number of nitrogens with zero attached hydrogens (tertiary/aromatic N) is 1. The van der Waals surface area contributed by atoms with Crippen LogP contribution in [0.5, 0.6) is 0 Å². The van der Waals surface area contributed by atoms with Crippen LogP contribution < -0.4 is 5.73 Å². The van der Waals surface area contributed by atoms with E-state index in [1.807, 2.05) is 6.92 Å². The summed E-state index contributed by atoms with van der Waals surface area (Å²) in [6, 6.07) is -0.646. The molecule has 0 saturated carbocycles. The minimum absolute atomic E-state index is 0.0299. The summed E-state index contributed by atoms with van der Waals surface area (Å²) in [6.07, 6.45) is 2.27. The highest BCUT2D eigenvalue weighted by Crippen LogP contribution is 2.21. The second-order valence-corrected chi connectivity index (χ2v) is 3.94. The molecule has 1 aliphatic heterocycles. The molecule has 1 saturated heterocycles. The van der Waals surface area contributed by atoms with Crippen LogP contribution in [-0.4, -0.2) is 40.5 Å². The lowest BCUT2D eigenvalue weighted by Crippen LogP contribution is -2.46. The van der Waals surface area contributed by atoms with Gasteiger partial charge in [0.25, 0.3) is 0 Å². The summed E-state index contributed by atoms with van der Waals surface area (Å²) in [5.41, 5.74) is 5.65. The molecule has 2 atom stereocenters. The third-order valence-corrected chi connectivity index (χ3v) is 2.83. The van der Waals surface area contributed by atoms with Crippen molar-refractivity contribution in [2.75, 3.05) is 6.54 Å². The zero-order chi connectivity index (χ0) is 11.4. The van der Waals surface area contributed by atoms with Crippen LogP contribution in [-0.2, 0) is 9.59 Å². The molecule has 1 aliphatic rings. The fourth-order valence-corrected chi connectivity index (χ4v) is 1.93. The van der Waals surface area contributed by atoms with Crippen molar-refractivity contribution in [2.24, 2.45) is 5.73 Å². The molecule has 0 aromatic rings. The second-order valence-electron chi connectivity index (χ2n) is 3.94. The normalized spacial score (nSPS) is 22.8. The van der Waals surface area contributed by atoms with Crippen LogP contribution >= 0.6 is 0 Å². The van der Waals surface area contributed by atoms with Crippen LogP contribution in [0.2, 0.25) is 0 Å². The van der Waals surface area contributed by atoms with Crippen molar-refractivity contribution in [1.29, 1.82) is 0 Å². The van der Waals surface area contributed by atoms with Crippen molar-refractivity contribution in [2.45, 2.75) is 44.7 Å². The summed E-state index contributed by atoms with van der Waals surface area (Å²) in [6.45, 7) is 2.50. The van der Waals surface area contributed by atoms with Crippen molar-refractivity contribution in [3.63, 3.8) is 0 Å². The quantitative estimate of drug-likeness (QED) is 0.699. The Hall–Kier alpha value is -1.10. The van der Waals surface area contributed by atoms with E-state index in [1.54, 1.807) is 4.90 Å². The van der Waals surface area contributed by atoms with Gasteiger partial charge in [-0.1, -0.05) is 6.92 Å². The summed E-state index contributed by atoms with van der Waals surface area (Å²) in [5, 5.41) is 8.70. The number of likely N-dealkylation sites (tertiary alicyclic amines) is 1. The SMILES string of the molecule is CC[C@@H](N)C(=O)N1CCCC1CC(=O)O. The molecule has 0 spiro atoms. The number of carbonyl (C=O) groups excluding carboxylic acids is 1. The number of carbonyl (C=O) groups is 2. The van der Waals surface area contributed by atoms with E-state index in [2.05, 4.69) is 0 Å². The van der Waals surface area contributed by atoms with Crippen LogP contribution in [0.3, 0.4) is 0 Å². The first kappa shape index (κ1) is 12.0. The minimum Gasteiger partial charge on any atom is -0.481 e. The molecule has 5 nitrogen and oxygen atoms in total. The number of carboxylic acid groups (broad SMARTS) is 1. The molecule has 1 unspecified atom stereocenters. The average molecular weight is 214 g/mol. The van der Waals surface area contributed by atoms with E-state index < -0.39 is 12.0 Å². The molecule has 3 N–H and O–H groups in total. The van der Waals surface area contributed by atoms with Crippen molar-refractivity contribution in [3.8, 4) is 0 Å². The molecule has 0 aliphatic carbocycles. The maximum atomic E-state index is 11.8. The third kappa shape index (κ3) is 2.92. The highest BCUT2D eigenvalue weighted by Gasteiger charge is 2.32. The molecule has 15 heavy (non-hydrogen) atoms. The van der Waals surface area contributed by atoms with Gasteiger partial charge in [-0.2, -0.15) is 0 Å². The molecule has 1 heterocycles. The van der Waals surface area contributed by atoms with E-state index in [9.17, 15) is 9.59 Å². The Kier molecular flexibility index (Phi) is 4.08. The number of aliphatic carboxylic acids is 1. The standard InChI is InChI=1S/C10H18N2O3/c1-2-8(11)10(15)12-5-3-4-7(12)6-9(13)14/h7-8H,2-6,11H2,1H3,(H,13,14)/t7?,8-/m1/s1. The molecule has 0 bridgehead atoms. The smallest absolute Gasteiger partial charge is 0.305 e. The number of hydrogen-bond donors (Lipinski definition) is 2. The van der Waals surface area contributed by atoms with Gasteiger partial charge in [0.15, 0.2) is 0 Å². The van der Waals surface area contributed by atoms with E-state index in [0.29, 0.717) is 13.0 Å². The Labute approximate surface area is 89.2 Å². The van der Waals surface area contributed by atoms with Gasteiger partial charge in [-0.05, 0) is 19.3 Å². The number of rotatable bonds is 4. The number of nitrogens with two attached hydrogens (primary N) is 1. The molecular weight excluding hydrogens is 196 g/mol. The Morgan fingerprint density at radius 1 is 1.60 bits per heavy atom. The fraction of sp³-hybridized carbons (Fsp3) is 0.800. The predicted octanol–water partition coefficient (Wildman–Crippen LogP) is 0.189. The summed E-state index contributed by atoms with van der Waals surface area (Å²) < 4.78 is 0. The van der Waals surface area contributed by atoms with Gasteiger partial charge in [-0.15, -0.1) is 0 Å². The maximum absolute atomic E-state index is 11.8. The Morgan fingerprint density at radius 3 is 2.80 bits per heavy atom. The molecule has 1 fully saturated rings. The topological polar surface area (TPSA) is 83.6 Å². The number of carboxylic acids is 1. The first-order valence-corrected chi connectivity index (χ1v) is 5.34. The van der Waals surface area contributed by atoms with E-state index >= 15 is 0 Å². The van der Waals surface area contributed by atoms with Crippen LogP contribution in [0.25, 0.3) is 0 Å². The van der Waals surface area contributed by atoms with Gasteiger partial charge >= 0.3 is 5.97 Å². The molecular formula is C10H18N2O3. The fourth-order valence-electron chi connectivity index (χ4n) is 1.93. The molecule has 0 radical (unpaired) electrons. The van der Waals surface area contributed by atoms with Gasteiger partial charge in [-0.25, -0.2) is 0 Å². The van der Waals surface area contributed by atoms with Gasteiger partial charge in [0.1, 0.15) is 0 Å². The third-order valence-electron chi connectivity index (χ3n) is 2.83. The van der Waals surface area contributed by atoms with Crippen molar-refractivity contribution >= 4 is 11.9 Å². The van der Waals surface area contributed by atoms with Gasteiger partial charge in [0, 0.05) is 12.6 Å². The molecule has 86 valence electrons. The molecule has 0 aromatic carbocycles. The second kappa shape index (κ2) is 5.11. The number of amides is 1. The van der Waals surface area contributed by atoms with E-state index in [-0.39, 0.29) is 18.4 Å². The largest absolute Gasteiger partial charge is 0.481 e. The monoisotopic (exact) mass is 214 g/mol. The first-order chi connectivity index (χ1) is 7.06. The lowest BCUT2D eigenvalue weighted by Gasteiger charge is -2.26. The Morgan fingerprint density at radius 2 is 2.27 bits per heavy atom. The van der Waals surface area contributed by atoms with E-state index in [4.69, 9.17) is 10.8 Å². The van der Waals surface area contributed by atoms with Gasteiger partial charge in [0.05, 0.1) is 12.5 Å². The van der Waals surface area contributed by atoms with Crippen LogP contribution in [0.15, 0.2) is 0 Å². The summed E-state index contributed by atoms with van der Waals surface area (Å²) in [5.74, 6) is -0.967. The molecule has 1 amide bonds. The lowest BCUT2D eigenvalue weighted by molar-refractivity contribution is -0.140. The molecule has 0 aromatic heterocycles. The Bertz CT molecular complexity index is 255. The molecule has 5 heteroatoms. The van der Waals surface area contributed by atoms with Crippen molar-refractivity contribution < 1.29 is 14.7 Å². The summed E-state index contributed by atoms with van der Waals surface area (Å²) >= 11 is 0. The number of hydrogen-bond acceptors (Lipinski definition) is 3. The summed E-state index contributed by atoms with van der Waals surface area (Å²) in [7, 11) is 0. The van der Waals surface area contributed by atoms with Crippen molar-refractivity contribution in [1.82, 2.24) is 4.90 Å². The summed E-state index contributed by atoms with van der Waals surface area (Å²) in [4.78, 5) is 24.0.